The van der Waals surface area contributed by atoms with Gasteiger partial charge in [-0.15, -0.1) is 11.3 Å². The Morgan fingerprint density at radius 1 is 0.711 bits per heavy atom. The van der Waals surface area contributed by atoms with Gasteiger partial charge in [-0.3, -0.25) is 0 Å². The molecule has 3 nitrogen and oxygen atoms in total. The Labute approximate surface area is 237 Å². The molecule has 2 N–H and O–H groups in total. The fourth-order valence-corrected chi connectivity index (χ4v) is 7.03. The van der Waals surface area contributed by atoms with Gasteiger partial charge in [-0.05, 0) is 34.3 Å². The maximum Gasteiger partial charge on any atom is 0.489 e. The number of hydrogen-bond donors (Lipinski definition) is 2. The third-order valence-electron chi connectivity index (χ3n) is 6.72. The van der Waals surface area contributed by atoms with E-state index in [0.29, 0.717) is 16.0 Å². The predicted octanol–water partition coefficient (Wildman–Crippen LogP) is 8.02. The number of rotatable bonds is 4. The van der Waals surface area contributed by atoms with Crippen LogP contribution in [-0.2, 0) is 0 Å². The summed E-state index contributed by atoms with van der Waals surface area (Å²) in [6.07, 6.45) is 0. The van der Waals surface area contributed by atoms with Crippen molar-refractivity contribution in [1.29, 1.82) is 5.26 Å². The van der Waals surface area contributed by atoms with Crippen LogP contribution in [0.1, 0.15) is 5.56 Å². The third-order valence-corrected chi connectivity index (χ3v) is 8.97. The summed E-state index contributed by atoms with van der Waals surface area (Å²) in [7, 11) is -1.55. The van der Waals surface area contributed by atoms with Crippen LogP contribution < -0.4 is 5.46 Å². The lowest BCUT2D eigenvalue weighted by Gasteiger charge is -2.13. The van der Waals surface area contributed by atoms with E-state index >= 15 is 0 Å². The number of nitriles is 1. The first-order valence-electron chi connectivity index (χ1n) is 11.9. The number of nitrogens with zero attached hydrogens (tertiary/aromatic N) is 1. The molecular weight excluding hydrogens is 577 g/mol. The van der Waals surface area contributed by atoms with Gasteiger partial charge in [-0.2, -0.15) is 5.26 Å². The van der Waals surface area contributed by atoms with E-state index in [1.54, 1.807) is 6.07 Å². The van der Waals surface area contributed by atoms with E-state index in [1.165, 1.54) is 11.3 Å². The molecular formula is C31H18BBrClNO2S. The molecule has 0 saturated heterocycles. The lowest BCUT2D eigenvalue weighted by molar-refractivity contribution is 0.426. The SMILES string of the molecule is N#Cc1c(-c2ccccc2)cc(Br)cc1-c1ccc(-c2ccc3c(sc4c(B(O)O)cccc43)c2Cl)cc1. The smallest absolute Gasteiger partial charge is 0.423 e. The normalized spacial score (nSPS) is 11.1. The molecule has 0 spiro atoms. The van der Waals surface area contributed by atoms with Gasteiger partial charge in [0.15, 0.2) is 0 Å². The number of hydrogen-bond acceptors (Lipinski definition) is 4. The second-order valence-electron chi connectivity index (χ2n) is 8.93. The highest BCUT2D eigenvalue weighted by Crippen LogP contribution is 2.43. The van der Waals surface area contributed by atoms with Crippen LogP contribution in [0.2, 0.25) is 5.02 Å². The first-order valence-corrected chi connectivity index (χ1v) is 13.8. The summed E-state index contributed by atoms with van der Waals surface area (Å²) in [6, 6.07) is 33.9. The average molecular weight is 595 g/mol. The van der Waals surface area contributed by atoms with Gasteiger partial charge in [0, 0.05) is 36.6 Å². The molecule has 0 bridgehead atoms. The van der Waals surface area contributed by atoms with E-state index in [2.05, 4.69) is 22.0 Å². The van der Waals surface area contributed by atoms with E-state index in [0.717, 1.165) is 58.0 Å². The summed E-state index contributed by atoms with van der Waals surface area (Å²) >= 11 is 12.0. The molecule has 0 atom stereocenters. The van der Waals surface area contributed by atoms with Crippen molar-refractivity contribution in [3.05, 3.63) is 112 Å². The Kier molecular flexibility index (Phi) is 6.57. The molecule has 6 aromatic rings. The molecule has 0 radical (unpaired) electrons. The Balaban J connectivity index is 1.44. The molecule has 0 aliphatic heterocycles. The zero-order chi connectivity index (χ0) is 26.4. The standard InChI is InChI=1S/C31H18BBrClNO2S/c33-21-15-25(18-5-2-1-3-6-18)27(17-35)26(16-21)20-11-9-19(10-12-20)22-13-14-24-23-7-4-8-28(32(36)37)30(23)38-31(24)29(22)34/h1-16,36-37H. The van der Waals surface area contributed by atoms with Crippen LogP contribution >= 0.6 is 38.9 Å². The van der Waals surface area contributed by atoms with Crippen LogP contribution in [0, 0.1) is 11.3 Å². The molecule has 0 saturated carbocycles. The lowest BCUT2D eigenvalue weighted by atomic mass is 9.80. The average Bonchev–Trinajstić information content (AvgIpc) is 3.33. The molecule has 5 aromatic carbocycles. The summed E-state index contributed by atoms with van der Waals surface area (Å²) in [5.74, 6) is 0. The second kappa shape index (κ2) is 10.0. The molecule has 38 heavy (non-hydrogen) atoms. The minimum atomic E-state index is -1.55. The zero-order valence-corrected chi connectivity index (χ0v) is 23.0. The molecule has 1 heterocycles. The van der Waals surface area contributed by atoms with Crippen molar-refractivity contribution in [2.75, 3.05) is 0 Å². The van der Waals surface area contributed by atoms with Crippen molar-refractivity contribution in [2.45, 2.75) is 0 Å². The molecule has 6 rings (SSSR count). The van der Waals surface area contributed by atoms with E-state index < -0.39 is 7.12 Å². The van der Waals surface area contributed by atoms with Gasteiger partial charge < -0.3 is 10.0 Å². The first kappa shape index (κ1) is 24.9. The van der Waals surface area contributed by atoms with E-state index in [4.69, 9.17) is 11.6 Å². The van der Waals surface area contributed by atoms with Crippen molar-refractivity contribution in [3.8, 4) is 39.4 Å². The van der Waals surface area contributed by atoms with Crippen LogP contribution in [-0.4, -0.2) is 17.2 Å². The number of fused-ring (bicyclic) bond motifs is 3. The largest absolute Gasteiger partial charge is 0.489 e. The molecule has 182 valence electrons. The molecule has 0 aliphatic rings. The van der Waals surface area contributed by atoms with Gasteiger partial charge in [-0.25, -0.2) is 0 Å². The van der Waals surface area contributed by atoms with Crippen LogP contribution in [0.25, 0.3) is 53.6 Å². The zero-order valence-electron chi connectivity index (χ0n) is 19.8. The van der Waals surface area contributed by atoms with Crippen LogP contribution in [0.4, 0.5) is 0 Å². The van der Waals surface area contributed by atoms with Crippen molar-refractivity contribution < 1.29 is 10.0 Å². The van der Waals surface area contributed by atoms with Gasteiger partial charge in [0.05, 0.1) is 15.3 Å². The molecule has 1 aromatic heterocycles. The molecule has 0 amide bonds. The van der Waals surface area contributed by atoms with Crippen molar-refractivity contribution >= 4 is 71.6 Å². The molecule has 0 fully saturated rings. The number of thiophene rings is 1. The summed E-state index contributed by atoms with van der Waals surface area (Å²) in [5, 5.41) is 32.3. The van der Waals surface area contributed by atoms with E-state index in [1.807, 2.05) is 91.0 Å². The summed E-state index contributed by atoms with van der Waals surface area (Å²) in [5.41, 5.74) is 6.61. The molecule has 7 heteroatoms. The minimum absolute atomic E-state index is 0.475. The second-order valence-corrected chi connectivity index (χ2v) is 11.2. The maximum absolute atomic E-state index is 10.1. The van der Waals surface area contributed by atoms with E-state index in [-0.39, 0.29) is 0 Å². The fraction of sp³-hybridized carbons (Fsp3) is 0. The highest BCUT2D eigenvalue weighted by atomic mass is 79.9. The summed E-state index contributed by atoms with van der Waals surface area (Å²) in [4.78, 5) is 0. The summed E-state index contributed by atoms with van der Waals surface area (Å²) < 4.78 is 2.63. The van der Waals surface area contributed by atoms with Crippen molar-refractivity contribution in [3.63, 3.8) is 0 Å². The predicted molar refractivity (Wildman–Crippen MR) is 163 cm³/mol. The highest BCUT2D eigenvalue weighted by molar-refractivity contribution is 9.10. The minimum Gasteiger partial charge on any atom is -0.423 e. The van der Waals surface area contributed by atoms with Gasteiger partial charge >= 0.3 is 7.12 Å². The quantitative estimate of drug-likeness (QED) is 0.203. The van der Waals surface area contributed by atoms with Gasteiger partial charge in [0.25, 0.3) is 0 Å². The Hall–Kier alpha value is -3.44. The highest BCUT2D eigenvalue weighted by Gasteiger charge is 2.20. The van der Waals surface area contributed by atoms with E-state index in [9.17, 15) is 15.3 Å². The third kappa shape index (κ3) is 4.23. The van der Waals surface area contributed by atoms with Gasteiger partial charge in [-0.1, -0.05) is 112 Å². The Morgan fingerprint density at radius 2 is 1.32 bits per heavy atom. The topological polar surface area (TPSA) is 64.2 Å². The monoisotopic (exact) mass is 593 g/mol. The Morgan fingerprint density at radius 3 is 1.95 bits per heavy atom. The number of halogens is 2. The summed E-state index contributed by atoms with van der Waals surface area (Å²) in [6.45, 7) is 0. The molecule has 0 unspecified atom stereocenters. The Bertz CT molecular complexity index is 1880. The lowest BCUT2D eigenvalue weighted by Crippen LogP contribution is -2.29. The van der Waals surface area contributed by atoms with Crippen molar-refractivity contribution in [2.24, 2.45) is 0 Å². The van der Waals surface area contributed by atoms with Crippen LogP contribution in [0.5, 0.6) is 0 Å². The fourth-order valence-electron chi connectivity index (χ4n) is 4.91. The van der Waals surface area contributed by atoms with Gasteiger partial charge in [0.1, 0.15) is 6.07 Å². The maximum atomic E-state index is 10.1. The first-order chi connectivity index (χ1) is 18.5. The van der Waals surface area contributed by atoms with Crippen LogP contribution in [0.3, 0.4) is 0 Å². The molecule has 0 aliphatic carbocycles. The van der Waals surface area contributed by atoms with Crippen molar-refractivity contribution in [1.82, 2.24) is 0 Å². The number of benzene rings is 5. The van der Waals surface area contributed by atoms with Crippen LogP contribution in [0.15, 0.2) is 102 Å². The van der Waals surface area contributed by atoms with Gasteiger partial charge in [0.2, 0.25) is 0 Å².